The van der Waals surface area contributed by atoms with Gasteiger partial charge >= 0.3 is 0 Å². The summed E-state index contributed by atoms with van der Waals surface area (Å²) in [5.74, 6) is 0.113. The van der Waals surface area contributed by atoms with E-state index >= 15 is 0 Å². The van der Waals surface area contributed by atoms with Crippen LogP contribution in [0.1, 0.15) is 30.9 Å². The molecule has 2 aromatic carbocycles. The molecule has 0 fully saturated rings. The Balaban J connectivity index is 1.98. The minimum atomic E-state index is -1.17. The largest absolute Gasteiger partial charge is 0.493 e. The zero-order valence-electron chi connectivity index (χ0n) is 23.4. The normalized spacial score (nSPS) is 18.4. The lowest BCUT2D eigenvalue weighted by Gasteiger charge is -2.41. The van der Waals surface area contributed by atoms with Crippen LogP contribution in [-0.2, 0) is 27.4 Å². The number of rotatable bonds is 15. The first-order valence-corrected chi connectivity index (χ1v) is 14.7. The molecule has 0 saturated heterocycles. The maximum Gasteiger partial charge on any atom is 0.247 e. The number of methoxy groups -OCH3 is 1. The molecule has 1 aliphatic carbocycles. The second kappa shape index (κ2) is 16.7. The van der Waals surface area contributed by atoms with Crippen LogP contribution in [-0.4, -0.2) is 90.3 Å². The summed E-state index contributed by atoms with van der Waals surface area (Å²) in [6, 6.07) is 12.0. The molecule has 3 rings (SSSR count). The van der Waals surface area contributed by atoms with E-state index in [1.807, 2.05) is 37.3 Å². The molecule has 2 aromatic rings. The van der Waals surface area contributed by atoms with Gasteiger partial charge in [0.1, 0.15) is 12.2 Å². The topological polar surface area (TPSA) is 138 Å². The first-order chi connectivity index (χ1) is 19.8. The van der Waals surface area contributed by atoms with Crippen LogP contribution in [0.5, 0.6) is 11.5 Å². The van der Waals surface area contributed by atoms with E-state index in [1.165, 1.54) is 7.11 Å². The molecule has 0 bridgehead atoms. The van der Waals surface area contributed by atoms with Crippen molar-refractivity contribution in [3.63, 3.8) is 0 Å². The van der Waals surface area contributed by atoms with E-state index in [1.54, 1.807) is 23.1 Å². The number of benzene rings is 2. The minimum absolute atomic E-state index is 0.0638. The van der Waals surface area contributed by atoms with E-state index in [-0.39, 0.29) is 38.5 Å². The zero-order chi connectivity index (χ0) is 29.8. The third-order valence-corrected chi connectivity index (χ3v) is 7.55. The first kappa shape index (κ1) is 32.8. The highest BCUT2D eigenvalue weighted by atomic mass is 127. The Hall–Kier alpha value is -2.71. The summed E-state index contributed by atoms with van der Waals surface area (Å²) in [4.78, 5) is 28.4. The summed E-state index contributed by atoms with van der Waals surface area (Å²) in [5.41, 5.74) is 1.81. The van der Waals surface area contributed by atoms with E-state index in [0.717, 1.165) is 5.56 Å². The lowest BCUT2D eigenvalue weighted by atomic mass is 9.87. The Labute approximate surface area is 254 Å². The molecule has 1 aliphatic rings. The lowest BCUT2D eigenvalue weighted by Crippen LogP contribution is -2.55. The highest BCUT2D eigenvalue weighted by Crippen LogP contribution is 2.37. The molecule has 224 valence electrons. The fraction of sp³-hybridized carbons (Fsp3) is 0.467. The van der Waals surface area contributed by atoms with E-state index in [2.05, 4.69) is 27.9 Å². The quantitative estimate of drug-likeness (QED) is 0.166. The van der Waals surface area contributed by atoms with Crippen LogP contribution in [0.2, 0.25) is 0 Å². The van der Waals surface area contributed by atoms with Gasteiger partial charge in [-0.25, -0.2) is 0 Å². The van der Waals surface area contributed by atoms with Crippen molar-refractivity contribution < 1.29 is 39.1 Å². The van der Waals surface area contributed by atoms with Gasteiger partial charge in [-0.2, -0.15) is 0 Å². The maximum absolute atomic E-state index is 13.7. The van der Waals surface area contributed by atoms with Gasteiger partial charge in [-0.15, -0.1) is 0 Å². The Bertz CT molecular complexity index is 1180. The summed E-state index contributed by atoms with van der Waals surface area (Å²) in [5, 5.41) is 33.2. The van der Waals surface area contributed by atoms with Gasteiger partial charge in [-0.3, -0.25) is 9.59 Å². The molecular weight excluding hydrogens is 643 g/mol. The average Bonchev–Trinajstić information content (AvgIpc) is 2.98. The highest BCUT2D eigenvalue weighted by Gasteiger charge is 2.40. The van der Waals surface area contributed by atoms with Gasteiger partial charge in [0.25, 0.3) is 0 Å². The van der Waals surface area contributed by atoms with Crippen LogP contribution >= 0.6 is 22.6 Å². The van der Waals surface area contributed by atoms with Gasteiger partial charge in [-0.05, 0) is 65.3 Å². The number of nitrogens with one attached hydrogen (secondary N) is 1. The molecule has 0 radical (unpaired) electrons. The first-order valence-electron chi connectivity index (χ1n) is 13.7. The second-order valence-electron chi connectivity index (χ2n) is 9.58. The van der Waals surface area contributed by atoms with E-state index in [4.69, 9.17) is 14.2 Å². The molecule has 3 atom stereocenters. The van der Waals surface area contributed by atoms with Gasteiger partial charge in [0.15, 0.2) is 11.5 Å². The van der Waals surface area contributed by atoms with Crippen LogP contribution in [0, 0.1) is 3.57 Å². The number of amides is 2. The third kappa shape index (κ3) is 9.14. The number of halogens is 1. The standard InChI is InChI=1S/C30H39IN2O8/c1-3-40-13-7-11-33(27(36)16-20-8-5-4-6-9-20)24-17-22(30(38)32-10-12-34)18-25(28(24)37)41-29-23(31)14-21(19-35)15-26(29)39-2/h4-6,8-9,14-15,18,24-25,28,34-35,37H,3,7,10-13,16-17,19H2,1-2H3,(H,32,38)/t24-,25+,28+/m1/s1. The van der Waals surface area contributed by atoms with Crippen LogP contribution in [0.15, 0.2) is 54.1 Å². The number of hydrogen-bond donors (Lipinski definition) is 4. The van der Waals surface area contributed by atoms with Crippen molar-refractivity contribution in [3.05, 3.63) is 68.8 Å². The predicted molar refractivity (Wildman–Crippen MR) is 162 cm³/mol. The molecule has 0 saturated carbocycles. The summed E-state index contributed by atoms with van der Waals surface area (Å²) in [7, 11) is 1.48. The molecule has 0 unspecified atom stereocenters. The molecule has 0 aliphatic heterocycles. The molecule has 0 aromatic heterocycles. The fourth-order valence-electron chi connectivity index (χ4n) is 4.72. The summed E-state index contributed by atoms with van der Waals surface area (Å²) < 4.78 is 17.9. The van der Waals surface area contributed by atoms with Crippen molar-refractivity contribution in [1.29, 1.82) is 0 Å². The Kier molecular flexibility index (Phi) is 13.3. The number of aliphatic hydroxyl groups excluding tert-OH is 3. The Morgan fingerprint density at radius 1 is 1.15 bits per heavy atom. The number of aliphatic hydroxyl groups is 3. The number of nitrogens with zero attached hydrogens (tertiary/aromatic N) is 1. The predicted octanol–water partition coefficient (Wildman–Crippen LogP) is 2.21. The monoisotopic (exact) mass is 682 g/mol. The lowest BCUT2D eigenvalue weighted by molar-refractivity contribution is -0.138. The van der Waals surface area contributed by atoms with Crippen molar-refractivity contribution in [2.24, 2.45) is 0 Å². The minimum Gasteiger partial charge on any atom is -0.493 e. The Morgan fingerprint density at radius 3 is 2.56 bits per heavy atom. The third-order valence-electron chi connectivity index (χ3n) is 6.75. The molecule has 41 heavy (non-hydrogen) atoms. The summed E-state index contributed by atoms with van der Waals surface area (Å²) >= 11 is 2.06. The average molecular weight is 683 g/mol. The van der Waals surface area contributed by atoms with Crippen molar-refractivity contribution in [2.45, 2.75) is 51.0 Å². The van der Waals surface area contributed by atoms with Gasteiger partial charge < -0.3 is 39.7 Å². The van der Waals surface area contributed by atoms with Gasteiger partial charge in [0, 0.05) is 38.3 Å². The smallest absolute Gasteiger partial charge is 0.247 e. The number of hydrogen-bond acceptors (Lipinski definition) is 8. The molecule has 0 heterocycles. The molecule has 10 nitrogen and oxygen atoms in total. The molecular formula is C30H39IN2O8. The van der Waals surface area contributed by atoms with Crippen LogP contribution in [0.3, 0.4) is 0 Å². The molecule has 0 spiro atoms. The molecule has 2 amide bonds. The van der Waals surface area contributed by atoms with Crippen LogP contribution in [0.4, 0.5) is 0 Å². The van der Waals surface area contributed by atoms with Crippen molar-refractivity contribution in [2.75, 3.05) is 40.0 Å². The van der Waals surface area contributed by atoms with Gasteiger partial charge in [0.2, 0.25) is 11.8 Å². The van der Waals surface area contributed by atoms with Crippen LogP contribution in [0.25, 0.3) is 0 Å². The Morgan fingerprint density at radius 2 is 1.90 bits per heavy atom. The number of ether oxygens (including phenoxy) is 3. The zero-order valence-corrected chi connectivity index (χ0v) is 25.6. The van der Waals surface area contributed by atoms with E-state index in [9.17, 15) is 24.9 Å². The second-order valence-corrected chi connectivity index (χ2v) is 10.7. The maximum atomic E-state index is 13.7. The molecule has 11 heteroatoms. The highest BCUT2D eigenvalue weighted by molar-refractivity contribution is 14.1. The van der Waals surface area contributed by atoms with E-state index in [0.29, 0.717) is 52.4 Å². The van der Waals surface area contributed by atoms with Crippen molar-refractivity contribution in [1.82, 2.24) is 10.2 Å². The van der Waals surface area contributed by atoms with Gasteiger partial charge in [0.05, 0.1) is 36.4 Å². The summed E-state index contributed by atoms with van der Waals surface area (Å²) in [6.07, 6.45) is 0.176. The number of carbonyl (C=O) groups is 2. The number of carbonyl (C=O) groups excluding carboxylic acids is 2. The van der Waals surface area contributed by atoms with Crippen LogP contribution < -0.4 is 14.8 Å². The SMILES string of the molecule is CCOCCCN(C(=O)Cc1ccccc1)[C@@H]1CC(C(=O)NCCO)=C[C@H](Oc2c(I)cc(CO)cc2OC)[C@H]1O. The fourth-order valence-corrected chi connectivity index (χ4v) is 5.52. The van der Waals surface area contributed by atoms with Crippen molar-refractivity contribution in [3.8, 4) is 11.5 Å². The van der Waals surface area contributed by atoms with Gasteiger partial charge in [-0.1, -0.05) is 30.3 Å². The van der Waals surface area contributed by atoms with Crippen molar-refractivity contribution >= 4 is 34.4 Å². The van der Waals surface area contributed by atoms with E-state index < -0.39 is 24.2 Å². The summed E-state index contributed by atoms with van der Waals surface area (Å²) in [6.45, 7) is 2.86. The molecule has 4 N–H and O–H groups in total.